The average Bonchev–Trinajstić information content (AvgIpc) is 3.13. The highest BCUT2D eigenvalue weighted by Gasteiger charge is 2.22. The molecule has 0 aliphatic carbocycles. The van der Waals surface area contributed by atoms with Crippen LogP contribution in [0.25, 0.3) is 16.2 Å². The summed E-state index contributed by atoms with van der Waals surface area (Å²) < 4.78 is 11.5. The number of ketones is 1. The lowest BCUT2D eigenvalue weighted by molar-refractivity contribution is -0.123. The molecular formula is C26H20O5S. The number of carbonyl (C=O) groups is 2. The fraction of sp³-hybridized carbons (Fsp3) is 0.0769. The molecule has 1 aromatic heterocycles. The van der Waals surface area contributed by atoms with Gasteiger partial charge in [-0.15, -0.1) is 11.3 Å². The van der Waals surface area contributed by atoms with Gasteiger partial charge in [-0.1, -0.05) is 24.3 Å². The minimum absolute atomic E-state index is 0.129. The van der Waals surface area contributed by atoms with E-state index >= 15 is 0 Å². The van der Waals surface area contributed by atoms with Gasteiger partial charge in [-0.3, -0.25) is 9.59 Å². The highest BCUT2D eigenvalue weighted by molar-refractivity contribution is 7.21. The summed E-state index contributed by atoms with van der Waals surface area (Å²) in [6.45, 7) is 4.33. The maximum atomic E-state index is 13.4. The molecule has 6 heteroatoms. The van der Waals surface area contributed by atoms with Crippen LogP contribution in [-0.4, -0.2) is 17.4 Å². The van der Waals surface area contributed by atoms with Crippen molar-refractivity contribution < 1.29 is 24.2 Å². The molecule has 3 aromatic carbocycles. The van der Waals surface area contributed by atoms with E-state index in [4.69, 9.17) is 4.74 Å². The summed E-state index contributed by atoms with van der Waals surface area (Å²) >= 11 is 1.29. The molecule has 4 aromatic rings. The number of phenols is 1. The van der Waals surface area contributed by atoms with Crippen molar-refractivity contribution in [2.45, 2.75) is 13.8 Å². The first-order valence-electron chi connectivity index (χ1n) is 9.87. The van der Waals surface area contributed by atoms with Gasteiger partial charge >= 0.3 is 0 Å². The number of ether oxygens (including phenoxy) is 2. The summed E-state index contributed by atoms with van der Waals surface area (Å²) in [5.41, 5.74) is 3.57. The first-order chi connectivity index (χ1) is 15.5. The van der Waals surface area contributed by atoms with Gasteiger partial charge in [-0.25, -0.2) is 0 Å². The highest BCUT2D eigenvalue weighted by atomic mass is 32.1. The number of hydrogen-bond donors (Lipinski definition) is 1. The Balaban J connectivity index is 1.73. The lowest BCUT2D eigenvalue weighted by Gasteiger charge is -2.09. The fourth-order valence-corrected chi connectivity index (χ4v) is 4.37. The molecule has 1 N–H and O–H groups in total. The largest absolute Gasteiger partial charge is 0.508 e. The van der Waals surface area contributed by atoms with Gasteiger partial charge in [0.1, 0.15) is 16.4 Å². The second kappa shape index (κ2) is 9.08. The molecule has 0 spiro atoms. The minimum Gasteiger partial charge on any atom is -0.508 e. The Kier molecular flexibility index (Phi) is 6.05. The fourth-order valence-electron chi connectivity index (χ4n) is 3.24. The van der Waals surface area contributed by atoms with E-state index in [2.05, 4.69) is 4.74 Å². The normalized spacial score (nSPS) is 11.1. The van der Waals surface area contributed by atoms with Crippen LogP contribution >= 0.6 is 11.3 Å². The molecule has 0 saturated carbocycles. The number of phenolic OH excluding ortho intramolecular Hbond substituents is 1. The predicted octanol–water partition coefficient (Wildman–Crippen LogP) is 6.39. The van der Waals surface area contributed by atoms with Crippen LogP contribution < -0.4 is 4.74 Å². The summed E-state index contributed by atoms with van der Waals surface area (Å²) in [5.74, 6) is 1.01. The topological polar surface area (TPSA) is 72.8 Å². The van der Waals surface area contributed by atoms with Crippen molar-refractivity contribution in [1.29, 1.82) is 0 Å². The number of aromatic hydroxyl groups is 1. The van der Waals surface area contributed by atoms with Gasteiger partial charge in [0, 0.05) is 15.6 Å². The molecule has 0 unspecified atom stereocenters. The van der Waals surface area contributed by atoms with E-state index in [0.29, 0.717) is 28.4 Å². The molecule has 1 heterocycles. The van der Waals surface area contributed by atoms with Crippen molar-refractivity contribution in [2.75, 3.05) is 0 Å². The third kappa shape index (κ3) is 4.40. The van der Waals surface area contributed by atoms with Crippen LogP contribution in [0.15, 0.2) is 66.9 Å². The molecule has 5 nitrogen and oxygen atoms in total. The monoisotopic (exact) mass is 444 g/mol. The molecule has 0 atom stereocenters. The van der Waals surface area contributed by atoms with E-state index in [1.54, 1.807) is 36.4 Å². The van der Waals surface area contributed by atoms with Crippen LogP contribution in [0, 0.1) is 13.8 Å². The van der Waals surface area contributed by atoms with E-state index in [1.807, 2.05) is 44.2 Å². The number of hydrogen-bond acceptors (Lipinski definition) is 6. The predicted molar refractivity (Wildman–Crippen MR) is 126 cm³/mol. The van der Waals surface area contributed by atoms with Crippen LogP contribution in [0.2, 0.25) is 0 Å². The number of aryl methyl sites for hydroxylation is 2. The summed E-state index contributed by atoms with van der Waals surface area (Å²) in [6.07, 6.45) is 2.94. The summed E-state index contributed by atoms with van der Waals surface area (Å²) in [4.78, 5) is 24.1. The molecule has 0 aliphatic rings. The van der Waals surface area contributed by atoms with Gasteiger partial charge in [0.25, 0.3) is 6.47 Å². The summed E-state index contributed by atoms with van der Waals surface area (Å²) in [6, 6.07) is 17.8. The van der Waals surface area contributed by atoms with Crippen molar-refractivity contribution in [3.05, 3.63) is 94.1 Å². The maximum absolute atomic E-state index is 13.4. The Hall–Kier alpha value is -3.90. The number of carbonyl (C=O) groups excluding carboxylic acids is 2. The third-order valence-electron chi connectivity index (χ3n) is 5.10. The number of fused-ring (bicyclic) bond motifs is 1. The van der Waals surface area contributed by atoms with Crippen LogP contribution in [0.1, 0.15) is 31.9 Å². The van der Waals surface area contributed by atoms with E-state index in [0.717, 1.165) is 26.8 Å². The van der Waals surface area contributed by atoms with E-state index in [1.165, 1.54) is 17.6 Å². The van der Waals surface area contributed by atoms with Crippen molar-refractivity contribution in [1.82, 2.24) is 0 Å². The van der Waals surface area contributed by atoms with Crippen LogP contribution in [0.4, 0.5) is 0 Å². The van der Waals surface area contributed by atoms with Crippen LogP contribution in [0.5, 0.6) is 17.2 Å². The number of benzene rings is 3. The molecule has 32 heavy (non-hydrogen) atoms. The van der Waals surface area contributed by atoms with Crippen molar-refractivity contribution in [2.24, 2.45) is 0 Å². The smallest absolute Gasteiger partial charge is 0.297 e. The molecule has 0 saturated heterocycles. The zero-order valence-electron chi connectivity index (χ0n) is 17.5. The van der Waals surface area contributed by atoms with Gasteiger partial charge < -0.3 is 14.6 Å². The van der Waals surface area contributed by atoms with Gasteiger partial charge in [-0.05, 0) is 73.0 Å². The highest BCUT2D eigenvalue weighted by Crippen LogP contribution is 2.42. The third-order valence-corrected chi connectivity index (χ3v) is 6.23. The molecule has 0 amide bonds. The molecule has 0 radical (unpaired) electrons. The molecular weight excluding hydrogens is 424 g/mol. The van der Waals surface area contributed by atoms with Crippen LogP contribution in [-0.2, 0) is 9.53 Å². The lowest BCUT2D eigenvalue weighted by atomic mass is 10.0. The quantitative estimate of drug-likeness (QED) is 0.203. The standard InChI is InChI=1S/C26H20O5S/c1-16-3-6-19(13-17(16)2)24(29)26-25(22-10-7-20(28)14-23(22)32-26)31-21-8-4-18(5-9-21)11-12-30-15-27/h3-15,28H,1-2H3/b12-11+. The summed E-state index contributed by atoms with van der Waals surface area (Å²) in [5, 5.41) is 10.7. The zero-order valence-corrected chi connectivity index (χ0v) is 18.3. The molecule has 4 rings (SSSR count). The number of thiophene rings is 1. The minimum atomic E-state index is -0.130. The average molecular weight is 445 g/mol. The maximum Gasteiger partial charge on any atom is 0.297 e. The van der Waals surface area contributed by atoms with E-state index in [9.17, 15) is 14.7 Å². The second-order valence-electron chi connectivity index (χ2n) is 7.28. The van der Waals surface area contributed by atoms with Crippen LogP contribution in [0.3, 0.4) is 0 Å². The molecule has 0 bridgehead atoms. The Morgan fingerprint density at radius 3 is 2.47 bits per heavy atom. The Labute approximate surface area is 189 Å². The van der Waals surface area contributed by atoms with Crippen molar-refractivity contribution in [3.8, 4) is 17.2 Å². The van der Waals surface area contributed by atoms with E-state index < -0.39 is 0 Å². The Morgan fingerprint density at radius 2 is 1.75 bits per heavy atom. The second-order valence-corrected chi connectivity index (χ2v) is 8.33. The van der Waals surface area contributed by atoms with E-state index in [-0.39, 0.29) is 11.5 Å². The Morgan fingerprint density at radius 1 is 0.969 bits per heavy atom. The molecule has 0 fully saturated rings. The van der Waals surface area contributed by atoms with Crippen molar-refractivity contribution >= 4 is 39.8 Å². The first kappa shape index (κ1) is 21.3. The summed E-state index contributed by atoms with van der Waals surface area (Å²) in [7, 11) is 0. The van der Waals surface area contributed by atoms with Crippen molar-refractivity contribution in [3.63, 3.8) is 0 Å². The van der Waals surface area contributed by atoms with Gasteiger partial charge in [0.05, 0.1) is 6.26 Å². The van der Waals surface area contributed by atoms with Gasteiger partial charge in [-0.2, -0.15) is 0 Å². The lowest BCUT2D eigenvalue weighted by Crippen LogP contribution is -2.01. The van der Waals surface area contributed by atoms with Gasteiger partial charge in [0.2, 0.25) is 5.78 Å². The first-order valence-corrected chi connectivity index (χ1v) is 10.7. The SMILES string of the molecule is Cc1ccc(C(=O)c2sc3cc(O)ccc3c2Oc2ccc(/C=C/OC=O)cc2)cc1C. The molecule has 160 valence electrons. The van der Waals surface area contributed by atoms with Gasteiger partial charge in [0.15, 0.2) is 5.75 Å². The number of rotatable bonds is 7. The molecule has 0 aliphatic heterocycles. The Bertz CT molecular complexity index is 1330. The zero-order chi connectivity index (χ0) is 22.7.